The predicted octanol–water partition coefficient (Wildman–Crippen LogP) is 6.40. The molecule has 1 fully saturated rings. The molecule has 0 radical (unpaired) electrons. The maximum Gasteiger partial charge on any atom is 0.293 e. The van der Waals surface area contributed by atoms with Crippen LogP contribution < -0.4 is 9.47 Å². The molecular formula is C25H22ClNO4S. The summed E-state index contributed by atoms with van der Waals surface area (Å²) in [6.07, 6.45) is 2.63. The molecule has 1 aliphatic rings. The lowest BCUT2D eigenvalue weighted by molar-refractivity contribution is -0.123. The number of imide groups is 1. The molecule has 0 aromatic heterocycles. The van der Waals surface area contributed by atoms with Gasteiger partial charge in [-0.25, -0.2) is 0 Å². The Bertz CT molecular complexity index is 1180. The summed E-state index contributed by atoms with van der Waals surface area (Å²) in [5, 5.41) is 2.32. The van der Waals surface area contributed by atoms with E-state index in [1.807, 2.05) is 43.3 Å². The van der Waals surface area contributed by atoms with Gasteiger partial charge in [0, 0.05) is 10.6 Å². The second kappa shape index (κ2) is 10.1. The number of nitrogens with zero attached hydrogens (tertiary/aromatic N) is 1. The number of hydrogen-bond donors (Lipinski definition) is 0. The Morgan fingerprint density at radius 1 is 0.969 bits per heavy atom. The Balaban J connectivity index is 1.54. The van der Waals surface area contributed by atoms with Crippen molar-refractivity contribution in [3.05, 3.63) is 76.2 Å². The number of rotatable bonds is 8. The van der Waals surface area contributed by atoms with Crippen molar-refractivity contribution in [2.45, 2.75) is 13.3 Å². The van der Waals surface area contributed by atoms with E-state index in [4.69, 9.17) is 21.1 Å². The summed E-state index contributed by atoms with van der Waals surface area (Å²) in [6.45, 7) is 2.98. The van der Waals surface area contributed by atoms with E-state index in [0.29, 0.717) is 28.0 Å². The highest BCUT2D eigenvalue weighted by molar-refractivity contribution is 8.18. The summed E-state index contributed by atoms with van der Waals surface area (Å²) in [4.78, 5) is 27.1. The molecule has 2 amide bonds. The summed E-state index contributed by atoms with van der Waals surface area (Å²) in [6, 6.07) is 18.8. The van der Waals surface area contributed by atoms with Crippen molar-refractivity contribution in [2.24, 2.45) is 0 Å². The first-order chi connectivity index (χ1) is 15.6. The van der Waals surface area contributed by atoms with Gasteiger partial charge in [-0.1, -0.05) is 48.9 Å². The number of carbonyl (C=O) groups excluding carboxylic acids is 2. The molecule has 3 aromatic carbocycles. The molecule has 3 aromatic rings. The molecule has 164 valence electrons. The molecule has 0 bridgehead atoms. The predicted molar refractivity (Wildman–Crippen MR) is 129 cm³/mol. The van der Waals surface area contributed by atoms with Gasteiger partial charge in [0.05, 0.1) is 18.1 Å². The molecule has 1 saturated heterocycles. The van der Waals surface area contributed by atoms with Crippen molar-refractivity contribution in [1.29, 1.82) is 0 Å². The van der Waals surface area contributed by atoms with E-state index in [2.05, 4.69) is 0 Å². The minimum absolute atomic E-state index is 0.166. The van der Waals surface area contributed by atoms with Crippen LogP contribution in [0.4, 0.5) is 4.79 Å². The molecule has 4 rings (SSSR count). The maximum absolute atomic E-state index is 13.0. The average Bonchev–Trinajstić information content (AvgIpc) is 3.07. The van der Waals surface area contributed by atoms with Gasteiger partial charge in [-0.15, -0.1) is 0 Å². The van der Waals surface area contributed by atoms with Gasteiger partial charge in [0.1, 0.15) is 18.1 Å². The van der Waals surface area contributed by atoms with Gasteiger partial charge < -0.3 is 9.47 Å². The number of fused-ring (bicyclic) bond motifs is 1. The third-order valence-corrected chi connectivity index (χ3v) is 6.10. The number of halogens is 1. The molecule has 0 spiro atoms. The van der Waals surface area contributed by atoms with E-state index in [9.17, 15) is 9.59 Å². The molecule has 0 atom stereocenters. The lowest BCUT2D eigenvalue weighted by atomic mass is 10.0. The van der Waals surface area contributed by atoms with Crippen LogP contribution in [0.3, 0.4) is 0 Å². The lowest BCUT2D eigenvalue weighted by Crippen LogP contribution is -2.32. The number of carbonyl (C=O) groups is 2. The van der Waals surface area contributed by atoms with Gasteiger partial charge in [-0.2, -0.15) is 0 Å². The Labute approximate surface area is 195 Å². The molecule has 32 heavy (non-hydrogen) atoms. The summed E-state index contributed by atoms with van der Waals surface area (Å²) < 4.78 is 11.6. The number of amides is 2. The Morgan fingerprint density at radius 3 is 2.53 bits per heavy atom. The molecule has 0 N–H and O–H groups in total. The molecule has 5 nitrogen and oxygen atoms in total. The zero-order valence-corrected chi connectivity index (χ0v) is 19.1. The quantitative estimate of drug-likeness (QED) is 0.359. The molecular weight excluding hydrogens is 446 g/mol. The van der Waals surface area contributed by atoms with Crippen molar-refractivity contribution in [1.82, 2.24) is 4.90 Å². The Kier molecular flexibility index (Phi) is 7.02. The highest BCUT2D eigenvalue weighted by Crippen LogP contribution is 2.36. The van der Waals surface area contributed by atoms with E-state index < -0.39 is 0 Å². The molecule has 0 saturated carbocycles. The smallest absolute Gasteiger partial charge is 0.293 e. The van der Waals surface area contributed by atoms with Crippen LogP contribution in [0.2, 0.25) is 5.02 Å². The first kappa shape index (κ1) is 22.2. The van der Waals surface area contributed by atoms with Crippen LogP contribution in [0.1, 0.15) is 18.9 Å². The monoisotopic (exact) mass is 467 g/mol. The highest BCUT2D eigenvalue weighted by Gasteiger charge is 2.35. The molecule has 1 aliphatic heterocycles. The molecule has 0 aliphatic carbocycles. The van der Waals surface area contributed by atoms with Crippen LogP contribution in [0.15, 0.2) is 65.6 Å². The number of hydrogen-bond acceptors (Lipinski definition) is 5. The van der Waals surface area contributed by atoms with Crippen molar-refractivity contribution in [2.75, 3.05) is 19.8 Å². The van der Waals surface area contributed by atoms with Crippen molar-refractivity contribution >= 4 is 51.4 Å². The number of benzene rings is 3. The third kappa shape index (κ3) is 4.92. The van der Waals surface area contributed by atoms with Gasteiger partial charge in [0.25, 0.3) is 11.1 Å². The van der Waals surface area contributed by atoms with Crippen LogP contribution in [0.5, 0.6) is 11.5 Å². The van der Waals surface area contributed by atoms with Gasteiger partial charge in [-0.05, 0) is 65.4 Å². The standard InChI is InChI=1S/C25H22ClNO4S/c1-2-14-31-22-12-7-17-5-3-4-6-20(17)21(22)16-23-24(28)27(25(29)32-23)13-15-30-19-10-8-18(26)9-11-19/h3-12,16H,2,13-15H2,1H3/b23-16-. The summed E-state index contributed by atoms with van der Waals surface area (Å²) >= 11 is 6.81. The van der Waals surface area contributed by atoms with Crippen LogP contribution >= 0.6 is 23.4 Å². The van der Waals surface area contributed by atoms with E-state index in [1.165, 1.54) is 4.90 Å². The highest BCUT2D eigenvalue weighted by atomic mass is 35.5. The molecule has 1 heterocycles. The van der Waals surface area contributed by atoms with Gasteiger partial charge >= 0.3 is 0 Å². The van der Waals surface area contributed by atoms with Crippen molar-refractivity contribution < 1.29 is 19.1 Å². The zero-order valence-electron chi connectivity index (χ0n) is 17.5. The average molecular weight is 468 g/mol. The fraction of sp³-hybridized carbons (Fsp3) is 0.200. The van der Waals surface area contributed by atoms with Crippen LogP contribution in [0.25, 0.3) is 16.8 Å². The molecule has 0 unspecified atom stereocenters. The van der Waals surface area contributed by atoms with Crippen molar-refractivity contribution in [3.8, 4) is 11.5 Å². The van der Waals surface area contributed by atoms with E-state index in [0.717, 1.165) is 34.5 Å². The SMILES string of the molecule is CCCOc1ccc2ccccc2c1/C=C1\SC(=O)N(CCOc2ccc(Cl)cc2)C1=O. The van der Waals surface area contributed by atoms with Crippen LogP contribution in [-0.2, 0) is 4.79 Å². The Hall–Kier alpha value is -2.96. The van der Waals surface area contributed by atoms with Crippen LogP contribution in [0, 0.1) is 0 Å². The van der Waals surface area contributed by atoms with Gasteiger partial charge in [-0.3, -0.25) is 14.5 Å². The number of thioether (sulfide) groups is 1. The van der Waals surface area contributed by atoms with Crippen LogP contribution in [-0.4, -0.2) is 35.8 Å². The van der Waals surface area contributed by atoms with Crippen molar-refractivity contribution in [3.63, 3.8) is 0 Å². The largest absolute Gasteiger partial charge is 0.493 e. The fourth-order valence-electron chi connectivity index (χ4n) is 3.37. The first-order valence-electron chi connectivity index (χ1n) is 10.3. The van der Waals surface area contributed by atoms with E-state index >= 15 is 0 Å². The maximum atomic E-state index is 13.0. The first-order valence-corrected chi connectivity index (χ1v) is 11.5. The topological polar surface area (TPSA) is 55.8 Å². The fourth-order valence-corrected chi connectivity index (χ4v) is 4.34. The minimum atomic E-state index is -0.325. The number of ether oxygens (including phenoxy) is 2. The van der Waals surface area contributed by atoms with E-state index in [-0.39, 0.29) is 24.3 Å². The summed E-state index contributed by atoms with van der Waals surface area (Å²) in [5.41, 5.74) is 0.805. The van der Waals surface area contributed by atoms with E-state index in [1.54, 1.807) is 30.3 Å². The Morgan fingerprint density at radius 2 is 1.75 bits per heavy atom. The van der Waals surface area contributed by atoms with Gasteiger partial charge in [0.2, 0.25) is 0 Å². The minimum Gasteiger partial charge on any atom is -0.493 e. The summed E-state index contributed by atoms with van der Waals surface area (Å²) in [5.74, 6) is 1.00. The van der Waals surface area contributed by atoms with Gasteiger partial charge in [0.15, 0.2) is 0 Å². The second-order valence-electron chi connectivity index (χ2n) is 7.18. The normalized spacial score (nSPS) is 15.1. The molecule has 7 heteroatoms. The zero-order chi connectivity index (χ0) is 22.5. The second-order valence-corrected chi connectivity index (χ2v) is 8.61. The third-order valence-electron chi connectivity index (χ3n) is 4.94. The lowest BCUT2D eigenvalue weighted by Gasteiger charge is -2.14. The summed E-state index contributed by atoms with van der Waals surface area (Å²) in [7, 11) is 0.